The summed E-state index contributed by atoms with van der Waals surface area (Å²) in [6, 6.07) is 17.4. The van der Waals surface area contributed by atoms with Crippen molar-refractivity contribution in [2.75, 3.05) is 41.3 Å². The Kier molecular flexibility index (Phi) is 5.07. The largest absolute Gasteiger partial charge is 0.309 e. The van der Waals surface area contributed by atoms with E-state index in [1.165, 1.54) is 37.9 Å². The molecule has 0 unspecified atom stereocenters. The second-order valence-electron chi connectivity index (χ2n) is 9.44. The first kappa shape index (κ1) is 20.8. The number of likely N-dealkylation sites (N-methyl/N-ethyl adjacent to an activating group) is 2. The Labute approximate surface area is 188 Å². The molecule has 5 aromatic rings. The summed E-state index contributed by atoms with van der Waals surface area (Å²) in [7, 11) is 8.35. The first-order valence-electron chi connectivity index (χ1n) is 11.3. The van der Waals surface area contributed by atoms with Gasteiger partial charge in [0.05, 0.1) is 10.7 Å². The van der Waals surface area contributed by atoms with Crippen molar-refractivity contribution >= 4 is 43.1 Å². The molecule has 5 aromatic carbocycles. The van der Waals surface area contributed by atoms with Crippen LogP contribution in [0.3, 0.4) is 0 Å². The molecule has 0 aliphatic heterocycles. The third-order valence-electron chi connectivity index (χ3n) is 6.75. The Morgan fingerprint density at radius 1 is 0.594 bits per heavy atom. The van der Waals surface area contributed by atoms with Crippen LogP contribution in [0.25, 0.3) is 43.1 Å². The minimum absolute atomic E-state index is 0.360. The second kappa shape index (κ2) is 7.80. The van der Waals surface area contributed by atoms with E-state index in [2.05, 4.69) is 86.5 Å². The molecule has 162 valence electrons. The van der Waals surface area contributed by atoms with Crippen LogP contribution in [-0.4, -0.2) is 51.1 Å². The first-order chi connectivity index (χ1) is 15.4. The molecule has 4 heteroatoms. The molecule has 0 saturated carbocycles. The predicted octanol–water partition coefficient (Wildman–Crippen LogP) is 4.34. The smallest absolute Gasteiger partial charge is 0.0877 e. The number of benzene rings is 5. The van der Waals surface area contributed by atoms with Crippen LogP contribution < -0.4 is 10.7 Å². The van der Waals surface area contributed by atoms with Gasteiger partial charge in [0.15, 0.2) is 0 Å². The lowest BCUT2D eigenvalue weighted by Gasteiger charge is -2.20. The zero-order chi connectivity index (χ0) is 22.6. The molecule has 0 heterocycles. The molecule has 0 saturated heterocycles. The number of rotatable bonds is 6. The molecule has 5 rings (SSSR count). The fourth-order valence-electron chi connectivity index (χ4n) is 5.18. The lowest BCUT2D eigenvalue weighted by Crippen LogP contribution is -2.31. The molecule has 0 aromatic heterocycles. The number of nitrogens with zero attached hydrogens (tertiary/aromatic N) is 2. The summed E-state index contributed by atoms with van der Waals surface area (Å²) in [6.07, 6.45) is 1.71. The maximum absolute atomic E-state index is 9.07. The van der Waals surface area contributed by atoms with E-state index in [4.69, 9.17) is 10.8 Å². The van der Waals surface area contributed by atoms with Crippen LogP contribution in [0.15, 0.2) is 48.5 Å². The Morgan fingerprint density at radius 3 is 1.91 bits per heavy atom. The van der Waals surface area contributed by atoms with E-state index in [1.54, 1.807) is 0 Å². The van der Waals surface area contributed by atoms with Gasteiger partial charge < -0.3 is 9.80 Å². The minimum atomic E-state index is 0.360. The molecule has 0 atom stereocenters. The van der Waals surface area contributed by atoms with E-state index >= 15 is 0 Å². The molecule has 0 spiro atoms. The molecule has 0 aliphatic carbocycles. The molecule has 0 amide bonds. The van der Waals surface area contributed by atoms with Crippen molar-refractivity contribution < 1.29 is 0 Å². The van der Waals surface area contributed by atoms with E-state index in [-0.39, 0.29) is 0 Å². The molecule has 0 radical (unpaired) electrons. The van der Waals surface area contributed by atoms with Crippen molar-refractivity contribution in [2.24, 2.45) is 0 Å². The molecule has 32 heavy (non-hydrogen) atoms. The summed E-state index contributed by atoms with van der Waals surface area (Å²) in [4.78, 5) is 4.37. The number of nitrogens with one attached hydrogen (secondary N) is 2. The van der Waals surface area contributed by atoms with E-state index in [9.17, 15) is 0 Å². The van der Waals surface area contributed by atoms with Crippen molar-refractivity contribution in [1.82, 2.24) is 9.80 Å². The molecule has 0 aliphatic rings. The topological polar surface area (TPSA) is 54.2 Å². The van der Waals surface area contributed by atoms with Gasteiger partial charge in [0, 0.05) is 23.9 Å². The highest BCUT2D eigenvalue weighted by Crippen LogP contribution is 2.40. The lowest BCUT2D eigenvalue weighted by molar-refractivity contribution is 0.412. The van der Waals surface area contributed by atoms with E-state index < -0.39 is 0 Å². The highest BCUT2D eigenvalue weighted by molar-refractivity contribution is 6.33. The molecule has 0 bridgehead atoms. The number of hydrogen-bond donors (Lipinski definition) is 2. The Balaban J connectivity index is 2.01. The Hall–Kier alpha value is -3.08. The van der Waals surface area contributed by atoms with Gasteiger partial charge in [-0.15, -0.1) is 0 Å². The first-order valence-corrected chi connectivity index (χ1v) is 11.3. The molecular formula is C28H30N4. The van der Waals surface area contributed by atoms with Crippen LogP contribution in [0.2, 0.25) is 0 Å². The molecule has 0 fully saturated rings. The Bertz CT molecular complexity index is 1560. The van der Waals surface area contributed by atoms with Gasteiger partial charge in [-0.2, -0.15) is 0 Å². The summed E-state index contributed by atoms with van der Waals surface area (Å²) in [5, 5.41) is 28.1. The monoisotopic (exact) mass is 422 g/mol. The van der Waals surface area contributed by atoms with Gasteiger partial charge in [-0.25, -0.2) is 0 Å². The van der Waals surface area contributed by atoms with Crippen molar-refractivity contribution in [3.63, 3.8) is 0 Å². The maximum atomic E-state index is 9.07. The normalized spacial score (nSPS) is 12.4. The minimum Gasteiger partial charge on any atom is -0.309 e. The van der Waals surface area contributed by atoms with Crippen LogP contribution in [0.4, 0.5) is 0 Å². The molecular weight excluding hydrogens is 392 g/mol. The Morgan fingerprint density at radius 2 is 1.22 bits per heavy atom. The number of hydrogen-bond acceptors (Lipinski definition) is 4. The molecule has 2 N–H and O–H groups in total. The zero-order valence-corrected chi connectivity index (χ0v) is 19.3. The van der Waals surface area contributed by atoms with Crippen molar-refractivity contribution in [1.29, 1.82) is 10.8 Å². The quantitative estimate of drug-likeness (QED) is 0.316. The zero-order valence-electron chi connectivity index (χ0n) is 19.3. The van der Waals surface area contributed by atoms with Gasteiger partial charge >= 0.3 is 0 Å². The van der Waals surface area contributed by atoms with Crippen LogP contribution in [0.5, 0.6) is 0 Å². The lowest BCUT2D eigenvalue weighted by atomic mass is 9.84. The van der Waals surface area contributed by atoms with Gasteiger partial charge in [-0.3, -0.25) is 10.8 Å². The summed E-state index contributed by atoms with van der Waals surface area (Å²) in [5.41, 5.74) is 2.30. The van der Waals surface area contributed by atoms with E-state index in [0.29, 0.717) is 10.7 Å². The summed E-state index contributed by atoms with van der Waals surface area (Å²) < 4.78 is 0. The summed E-state index contributed by atoms with van der Waals surface area (Å²) >= 11 is 0. The highest BCUT2D eigenvalue weighted by Gasteiger charge is 2.20. The third kappa shape index (κ3) is 3.14. The van der Waals surface area contributed by atoms with Gasteiger partial charge in [0.2, 0.25) is 0 Å². The van der Waals surface area contributed by atoms with Crippen LogP contribution in [0, 0.1) is 10.8 Å². The third-order valence-corrected chi connectivity index (χ3v) is 6.75. The average Bonchev–Trinajstić information content (AvgIpc) is 2.77. The van der Waals surface area contributed by atoms with Crippen LogP contribution in [0.1, 0.15) is 11.1 Å². The van der Waals surface area contributed by atoms with Crippen molar-refractivity contribution in [2.45, 2.75) is 12.8 Å². The van der Waals surface area contributed by atoms with Gasteiger partial charge in [0.1, 0.15) is 0 Å². The molecule has 4 nitrogen and oxygen atoms in total. The van der Waals surface area contributed by atoms with Crippen LogP contribution in [-0.2, 0) is 12.8 Å². The SMILES string of the molecule is CN(C)CCc1ccc2c3cccc4cccc(c5c(=N)c(=N)c(CCN(C)C)c1c25)c43. The predicted molar refractivity (Wildman–Crippen MR) is 135 cm³/mol. The highest BCUT2D eigenvalue weighted by atomic mass is 15.0. The summed E-state index contributed by atoms with van der Waals surface area (Å²) in [6.45, 7) is 1.82. The summed E-state index contributed by atoms with van der Waals surface area (Å²) in [5.74, 6) is 0. The van der Waals surface area contributed by atoms with Crippen molar-refractivity contribution in [3.05, 3.63) is 70.4 Å². The standard InChI is InChI=1S/C28H30N4/c1-31(2)15-13-18-11-12-20-19-9-5-7-17-8-6-10-21(23(17)19)26-25(20)24(18)22(14-16-32(3)4)27(29)28(26)30/h5-12,29-30H,13-16H2,1-4H3. The maximum Gasteiger partial charge on any atom is 0.0877 e. The van der Waals surface area contributed by atoms with Gasteiger partial charge in [-0.1, -0.05) is 48.5 Å². The van der Waals surface area contributed by atoms with Gasteiger partial charge in [0.25, 0.3) is 0 Å². The fourth-order valence-corrected chi connectivity index (χ4v) is 5.18. The fraction of sp³-hybridized carbons (Fsp3) is 0.286. The van der Waals surface area contributed by atoms with E-state index in [0.717, 1.165) is 42.3 Å². The average molecular weight is 423 g/mol. The second-order valence-corrected chi connectivity index (χ2v) is 9.44. The van der Waals surface area contributed by atoms with Gasteiger partial charge in [-0.05, 0) is 84.5 Å². The van der Waals surface area contributed by atoms with E-state index in [1.807, 2.05) is 0 Å². The van der Waals surface area contributed by atoms with Crippen molar-refractivity contribution in [3.8, 4) is 0 Å². The number of fused-ring (bicyclic) bond motifs is 2. The van der Waals surface area contributed by atoms with Crippen LogP contribution >= 0.6 is 0 Å².